The Labute approximate surface area is 191 Å². The summed E-state index contributed by atoms with van der Waals surface area (Å²) >= 11 is 7.25. The molecular formula is C22H15ClN4O4S. The first kappa shape index (κ1) is 21.5. The van der Waals surface area contributed by atoms with E-state index >= 15 is 0 Å². The highest BCUT2D eigenvalue weighted by atomic mass is 35.5. The Hall–Kier alpha value is -3.69. The van der Waals surface area contributed by atoms with Crippen LogP contribution in [0.3, 0.4) is 0 Å². The Morgan fingerprint density at radius 3 is 2.31 bits per heavy atom. The molecule has 160 valence electrons. The Bertz CT molecular complexity index is 1260. The van der Waals surface area contributed by atoms with Crippen molar-refractivity contribution in [3.05, 3.63) is 87.9 Å². The van der Waals surface area contributed by atoms with Gasteiger partial charge in [-0.2, -0.15) is 0 Å². The molecular weight excluding hydrogens is 452 g/mol. The van der Waals surface area contributed by atoms with Gasteiger partial charge < -0.3 is 9.73 Å². The van der Waals surface area contributed by atoms with Gasteiger partial charge in [-0.3, -0.25) is 14.9 Å². The van der Waals surface area contributed by atoms with Crippen molar-refractivity contribution < 1.29 is 14.1 Å². The summed E-state index contributed by atoms with van der Waals surface area (Å²) in [5.41, 5.74) is 3.02. The maximum absolute atomic E-state index is 12.3. The van der Waals surface area contributed by atoms with Crippen molar-refractivity contribution in [2.24, 2.45) is 0 Å². The summed E-state index contributed by atoms with van der Waals surface area (Å²) in [5.74, 6) is 0.157. The van der Waals surface area contributed by atoms with Crippen LogP contribution in [-0.2, 0) is 4.79 Å². The number of halogens is 1. The van der Waals surface area contributed by atoms with Crippen LogP contribution in [0.2, 0.25) is 5.02 Å². The van der Waals surface area contributed by atoms with Gasteiger partial charge in [0.15, 0.2) is 0 Å². The summed E-state index contributed by atoms with van der Waals surface area (Å²) in [6.45, 7) is 0. The smallest absolute Gasteiger partial charge is 0.277 e. The van der Waals surface area contributed by atoms with Crippen LogP contribution in [0.15, 0.2) is 82.4 Å². The zero-order valence-electron chi connectivity index (χ0n) is 16.4. The number of anilines is 1. The zero-order valence-corrected chi connectivity index (χ0v) is 18.0. The SMILES string of the molecule is O=C(CSc1nnc(-c2ccccc2Cl)o1)Nc1ccc(-c2ccc([N+](=O)[O-])cc2)cc1. The molecule has 0 radical (unpaired) electrons. The molecule has 0 aliphatic carbocycles. The number of nitro benzene ring substituents is 1. The number of nitrogens with zero attached hydrogens (tertiary/aromatic N) is 3. The summed E-state index contributed by atoms with van der Waals surface area (Å²) in [4.78, 5) is 22.6. The molecule has 0 aliphatic rings. The summed E-state index contributed by atoms with van der Waals surface area (Å²) in [6.07, 6.45) is 0. The van der Waals surface area contributed by atoms with E-state index in [9.17, 15) is 14.9 Å². The maximum atomic E-state index is 12.3. The summed E-state index contributed by atoms with van der Waals surface area (Å²) in [5, 5.41) is 22.2. The van der Waals surface area contributed by atoms with Crippen LogP contribution in [0.4, 0.5) is 11.4 Å². The number of non-ortho nitro benzene ring substituents is 1. The number of aromatic nitrogens is 2. The minimum absolute atomic E-state index is 0.0374. The topological polar surface area (TPSA) is 111 Å². The highest BCUT2D eigenvalue weighted by Gasteiger charge is 2.13. The second kappa shape index (κ2) is 9.63. The molecule has 0 saturated heterocycles. The van der Waals surface area contributed by atoms with Crippen LogP contribution in [0, 0.1) is 10.1 Å². The van der Waals surface area contributed by atoms with Crippen LogP contribution in [0.5, 0.6) is 0 Å². The fourth-order valence-electron chi connectivity index (χ4n) is 2.86. The minimum atomic E-state index is -0.438. The molecule has 0 atom stereocenters. The highest BCUT2D eigenvalue weighted by Crippen LogP contribution is 2.29. The lowest BCUT2D eigenvalue weighted by Gasteiger charge is -2.06. The Morgan fingerprint density at radius 1 is 1.00 bits per heavy atom. The van der Waals surface area contributed by atoms with E-state index in [1.54, 1.807) is 42.5 Å². The number of hydrogen-bond acceptors (Lipinski definition) is 7. The molecule has 1 N–H and O–H groups in total. The summed E-state index contributed by atoms with van der Waals surface area (Å²) in [7, 11) is 0. The second-order valence-corrected chi connectivity index (χ2v) is 7.90. The van der Waals surface area contributed by atoms with E-state index in [1.807, 2.05) is 18.2 Å². The monoisotopic (exact) mass is 466 g/mol. The van der Waals surface area contributed by atoms with E-state index in [-0.39, 0.29) is 22.6 Å². The number of nitro groups is 1. The number of amides is 1. The van der Waals surface area contributed by atoms with Gasteiger partial charge in [-0.15, -0.1) is 10.2 Å². The Kier molecular flexibility index (Phi) is 6.48. The van der Waals surface area contributed by atoms with Crippen molar-refractivity contribution in [3.63, 3.8) is 0 Å². The third-order valence-electron chi connectivity index (χ3n) is 4.42. The third kappa shape index (κ3) is 5.13. The molecule has 0 saturated carbocycles. The Morgan fingerprint density at radius 2 is 1.66 bits per heavy atom. The van der Waals surface area contributed by atoms with Crippen molar-refractivity contribution >= 4 is 40.6 Å². The first-order chi connectivity index (χ1) is 15.5. The molecule has 0 unspecified atom stereocenters. The van der Waals surface area contributed by atoms with Crippen molar-refractivity contribution in [1.29, 1.82) is 0 Å². The molecule has 0 aliphatic heterocycles. The second-order valence-electron chi connectivity index (χ2n) is 6.57. The van der Waals surface area contributed by atoms with Crippen LogP contribution in [0.1, 0.15) is 0 Å². The first-order valence-corrected chi connectivity index (χ1v) is 10.7. The molecule has 0 fully saturated rings. The number of rotatable bonds is 7. The standard InChI is InChI=1S/C22H15ClN4O4S/c23-19-4-2-1-3-18(19)21-25-26-22(31-21)32-13-20(28)24-16-9-5-14(6-10-16)15-7-11-17(12-8-15)27(29)30/h1-12H,13H2,(H,24,28). The highest BCUT2D eigenvalue weighted by molar-refractivity contribution is 7.99. The molecule has 8 nitrogen and oxygen atoms in total. The van der Waals surface area contributed by atoms with Crippen molar-refractivity contribution in [1.82, 2.24) is 10.2 Å². The molecule has 3 aromatic carbocycles. The molecule has 1 heterocycles. The van der Waals surface area contributed by atoms with Crippen molar-refractivity contribution in [2.75, 3.05) is 11.1 Å². The van der Waals surface area contributed by atoms with E-state index < -0.39 is 4.92 Å². The van der Waals surface area contributed by atoms with Gasteiger partial charge in [-0.1, -0.05) is 47.6 Å². The number of benzene rings is 3. The fraction of sp³-hybridized carbons (Fsp3) is 0.0455. The molecule has 4 aromatic rings. The lowest BCUT2D eigenvalue weighted by atomic mass is 10.1. The molecule has 32 heavy (non-hydrogen) atoms. The van der Waals surface area contributed by atoms with E-state index in [4.69, 9.17) is 16.0 Å². The normalized spacial score (nSPS) is 10.7. The van der Waals surface area contributed by atoms with Gasteiger partial charge >= 0.3 is 0 Å². The maximum Gasteiger partial charge on any atom is 0.277 e. The zero-order chi connectivity index (χ0) is 22.5. The summed E-state index contributed by atoms with van der Waals surface area (Å²) in [6, 6.07) is 20.6. The van der Waals surface area contributed by atoms with E-state index in [0.717, 1.165) is 22.9 Å². The van der Waals surface area contributed by atoms with Crippen LogP contribution >= 0.6 is 23.4 Å². The number of hydrogen-bond donors (Lipinski definition) is 1. The molecule has 0 bridgehead atoms. The Balaban J connectivity index is 1.33. The molecule has 1 aromatic heterocycles. The first-order valence-electron chi connectivity index (χ1n) is 9.35. The predicted octanol–water partition coefficient (Wildman–Crippen LogP) is 5.70. The average molecular weight is 467 g/mol. The quantitative estimate of drug-likeness (QED) is 0.211. The number of carbonyl (C=O) groups is 1. The van der Waals surface area contributed by atoms with Crippen molar-refractivity contribution in [2.45, 2.75) is 5.22 Å². The van der Waals surface area contributed by atoms with E-state index in [0.29, 0.717) is 22.2 Å². The van der Waals surface area contributed by atoms with Gasteiger partial charge in [-0.25, -0.2) is 0 Å². The molecule has 10 heteroatoms. The van der Waals surface area contributed by atoms with Crippen LogP contribution in [-0.4, -0.2) is 26.8 Å². The largest absolute Gasteiger partial charge is 0.411 e. The van der Waals surface area contributed by atoms with E-state index in [1.165, 1.54) is 12.1 Å². The average Bonchev–Trinajstić information content (AvgIpc) is 3.27. The molecule has 0 spiro atoms. The number of nitrogens with one attached hydrogen (secondary N) is 1. The summed E-state index contributed by atoms with van der Waals surface area (Å²) < 4.78 is 5.57. The van der Waals surface area contributed by atoms with Gasteiger partial charge in [-0.05, 0) is 47.5 Å². The van der Waals surface area contributed by atoms with Gasteiger partial charge in [0.1, 0.15) is 0 Å². The minimum Gasteiger partial charge on any atom is -0.411 e. The van der Waals surface area contributed by atoms with Crippen molar-refractivity contribution in [3.8, 4) is 22.6 Å². The van der Waals surface area contributed by atoms with Gasteiger partial charge in [0.05, 0.1) is 21.3 Å². The van der Waals surface area contributed by atoms with E-state index in [2.05, 4.69) is 15.5 Å². The van der Waals surface area contributed by atoms with Gasteiger partial charge in [0.25, 0.3) is 10.9 Å². The molecule has 1 amide bonds. The predicted molar refractivity (Wildman–Crippen MR) is 123 cm³/mol. The fourth-order valence-corrected chi connectivity index (χ4v) is 3.64. The van der Waals surface area contributed by atoms with Crippen LogP contribution in [0.25, 0.3) is 22.6 Å². The lowest BCUT2D eigenvalue weighted by Crippen LogP contribution is -2.13. The number of thioether (sulfide) groups is 1. The van der Waals surface area contributed by atoms with Gasteiger partial charge in [0.2, 0.25) is 11.8 Å². The third-order valence-corrected chi connectivity index (χ3v) is 5.57. The molecule has 4 rings (SSSR count). The lowest BCUT2D eigenvalue weighted by molar-refractivity contribution is -0.384. The van der Waals surface area contributed by atoms with Crippen LogP contribution < -0.4 is 5.32 Å². The van der Waals surface area contributed by atoms with Gasteiger partial charge in [0, 0.05) is 17.8 Å². The number of carbonyl (C=O) groups excluding carboxylic acids is 1.